The quantitative estimate of drug-likeness (QED) is 0.690. The van der Waals surface area contributed by atoms with E-state index in [1.807, 2.05) is 35.0 Å². The normalized spacial score (nSPS) is 19.7. The Morgan fingerprint density at radius 1 is 1.13 bits per heavy atom. The summed E-state index contributed by atoms with van der Waals surface area (Å²) in [5.74, 6) is 0. The Morgan fingerprint density at radius 2 is 2.00 bits per heavy atom. The van der Waals surface area contributed by atoms with Gasteiger partial charge in [0.25, 0.3) is 0 Å². The molecule has 1 aliphatic heterocycles. The first-order valence-electron chi connectivity index (χ1n) is 7.33. The summed E-state index contributed by atoms with van der Waals surface area (Å²) in [6, 6.07) is 13.8. The monoisotopic (exact) mass is 344 g/mol. The molecule has 0 bridgehead atoms. The van der Waals surface area contributed by atoms with Gasteiger partial charge >= 0.3 is 0 Å². The minimum absolute atomic E-state index is 0.559. The van der Waals surface area contributed by atoms with Crippen LogP contribution in [0.3, 0.4) is 0 Å². The molecule has 0 amide bonds. The van der Waals surface area contributed by atoms with E-state index in [2.05, 4.69) is 17.1 Å². The van der Waals surface area contributed by atoms with Crippen molar-refractivity contribution in [1.29, 1.82) is 0 Å². The largest absolute Gasteiger partial charge is 0.359 e. The summed E-state index contributed by atoms with van der Waals surface area (Å²) in [6.07, 6.45) is 5.48. The molecule has 3 aromatic rings. The number of hydrogen-bond acceptors (Lipinski definition) is 2. The van der Waals surface area contributed by atoms with Gasteiger partial charge in [-0.3, -0.25) is 0 Å². The van der Waals surface area contributed by atoms with Gasteiger partial charge in [0.15, 0.2) is 0 Å². The van der Waals surface area contributed by atoms with Gasteiger partial charge in [-0.05, 0) is 23.3 Å². The molecular formula is C18H14Cl2N2O. The average Bonchev–Trinajstić information content (AvgIpc) is 3.17. The standard InChI is InChI=1S/C18H14Cl2N2O/c19-14-5-6-16(17(20)9-14)18(11-22-8-7-21-12-22)15-4-2-1-3-13(15)10-23-18/h1-9,12H,10-11H2. The van der Waals surface area contributed by atoms with Gasteiger partial charge in [-0.2, -0.15) is 0 Å². The zero-order valence-corrected chi connectivity index (χ0v) is 13.8. The lowest BCUT2D eigenvalue weighted by Gasteiger charge is -2.31. The molecule has 5 heteroatoms. The summed E-state index contributed by atoms with van der Waals surface area (Å²) in [5.41, 5.74) is 2.60. The van der Waals surface area contributed by atoms with E-state index in [4.69, 9.17) is 27.9 Å². The van der Waals surface area contributed by atoms with Crippen molar-refractivity contribution in [2.45, 2.75) is 18.8 Å². The molecule has 0 radical (unpaired) electrons. The SMILES string of the molecule is Clc1ccc(C2(Cn3ccnc3)OCc3ccccc32)c(Cl)c1. The number of fused-ring (bicyclic) bond motifs is 1. The molecule has 0 N–H and O–H groups in total. The van der Waals surface area contributed by atoms with Gasteiger partial charge in [-0.1, -0.05) is 53.5 Å². The minimum Gasteiger partial charge on any atom is -0.359 e. The maximum absolute atomic E-state index is 6.52. The van der Waals surface area contributed by atoms with Crippen molar-refractivity contribution < 1.29 is 4.74 Å². The highest BCUT2D eigenvalue weighted by molar-refractivity contribution is 6.35. The fourth-order valence-electron chi connectivity index (χ4n) is 3.21. The Morgan fingerprint density at radius 3 is 2.78 bits per heavy atom. The Balaban J connectivity index is 1.92. The third-order valence-corrected chi connectivity index (χ3v) is 4.80. The van der Waals surface area contributed by atoms with Crippen molar-refractivity contribution >= 4 is 23.2 Å². The van der Waals surface area contributed by atoms with Gasteiger partial charge in [-0.15, -0.1) is 0 Å². The van der Waals surface area contributed by atoms with E-state index in [0.29, 0.717) is 23.2 Å². The third kappa shape index (κ3) is 2.45. The first-order chi connectivity index (χ1) is 11.2. The Bertz CT molecular complexity index is 848. The summed E-state index contributed by atoms with van der Waals surface area (Å²) in [4.78, 5) is 4.13. The topological polar surface area (TPSA) is 27.1 Å². The van der Waals surface area contributed by atoms with Crippen LogP contribution in [0.2, 0.25) is 10.0 Å². The maximum Gasteiger partial charge on any atom is 0.138 e. The van der Waals surface area contributed by atoms with Gasteiger partial charge in [0.2, 0.25) is 0 Å². The lowest BCUT2D eigenvalue weighted by atomic mass is 9.85. The van der Waals surface area contributed by atoms with E-state index >= 15 is 0 Å². The molecule has 2 aromatic carbocycles. The zero-order chi connectivity index (χ0) is 15.9. The van der Waals surface area contributed by atoms with Crippen LogP contribution in [0.25, 0.3) is 0 Å². The zero-order valence-electron chi connectivity index (χ0n) is 12.2. The van der Waals surface area contributed by atoms with Crippen LogP contribution in [0.4, 0.5) is 0 Å². The summed E-state index contributed by atoms with van der Waals surface area (Å²) in [5, 5.41) is 1.22. The highest BCUT2D eigenvalue weighted by atomic mass is 35.5. The van der Waals surface area contributed by atoms with E-state index in [1.54, 1.807) is 18.6 Å². The molecule has 0 saturated heterocycles. The molecule has 23 heavy (non-hydrogen) atoms. The number of benzene rings is 2. The molecule has 0 aliphatic carbocycles. The number of hydrogen-bond donors (Lipinski definition) is 0. The predicted molar refractivity (Wildman–Crippen MR) is 90.7 cm³/mol. The van der Waals surface area contributed by atoms with Crippen molar-refractivity contribution in [3.8, 4) is 0 Å². The molecule has 2 heterocycles. The highest BCUT2D eigenvalue weighted by Crippen LogP contribution is 2.46. The molecule has 1 unspecified atom stereocenters. The highest BCUT2D eigenvalue weighted by Gasteiger charge is 2.43. The van der Waals surface area contributed by atoms with E-state index in [-0.39, 0.29) is 0 Å². The summed E-state index contributed by atoms with van der Waals surface area (Å²) in [6.45, 7) is 1.16. The van der Waals surface area contributed by atoms with Crippen LogP contribution in [0.1, 0.15) is 16.7 Å². The number of ether oxygens (including phenoxy) is 1. The summed E-state index contributed by atoms with van der Waals surface area (Å²) >= 11 is 12.6. The van der Waals surface area contributed by atoms with Crippen LogP contribution >= 0.6 is 23.2 Å². The molecule has 3 nitrogen and oxygen atoms in total. The smallest absolute Gasteiger partial charge is 0.138 e. The Hall–Kier alpha value is -1.81. The van der Waals surface area contributed by atoms with Crippen LogP contribution in [0, 0.1) is 0 Å². The number of aromatic nitrogens is 2. The van der Waals surface area contributed by atoms with Crippen LogP contribution in [-0.4, -0.2) is 9.55 Å². The van der Waals surface area contributed by atoms with Crippen molar-refractivity contribution in [2.75, 3.05) is 0 Å². The van der Waals surface area contributed by atoms with Gasteiger partial charge in [0.05, 0.1) is 19.5 Å². The minimum atomic E-state index is -0.640. The second-order valence-electron chi connectivity index (χ2n) is 5.63. The predicted octanol–water partition coefficient (Wildman–Crippen LogP) is 4.66. The average molecular weight is 345 g/mol. The number of rotatable bonds is 3. The summed E-state index contributed by atoms with van der Waals surface area (Å²) < 4.78 is 8.32. The van der Waals surface area contributed by atoms with E-state index in [0.717, 1.165) is 11.1 Å². The van der Waals surface area contributed by atoms with Crippen molar-refractivity contribution in [3.05, 3.63) is 87.9 Å². The van der Waals surface area contributed by atoms with Crippen molar-refractivity contribution in [3.63, 3.8) is 0 Å². The Kier molecular flexibility index (Phi) is 3.64. The number of halogens is 2. The fraction of sp³-hybridized carbons (Fsp3) is 0.167. The second kappa shape index (κ2) is 5.68. The third-order valence-electron chi connectivity index (χ3n) is 4.26. The molecule has 0 spiro atoms. The van der Waals surface area contributed by atoms with Crippen LogP contribution in [0.15, 0.2) is 61.2 Å². The number of nitrogens with zero attached hydrogens (tertiary/aromatic N) is 2. The van der Waals surface area contributed by atoms with Crippen LogP contribution in [0.5, 0.6) is 0 Å². The van der Waals surface area contributed by atoms with Gasteiger partial charge in [-0.25, -0.2) is 4.98 Å². The first kappa shape index (κ1) is 14.8. The lowest BCUT2D eigenvalue weighted by Crippen LogP contribution is -2.32. The molecular weight excluding hydrogens is 331 g/mol. The fourth-order valence-corrected chi connectivity index (χ4v) is 3.77. The van der Waals surface area contributed by atoms with Crippen LogP contribution in [-0.2, 0) is 23.5 Å². The van der Waals surface area contributed by atoms with Crippen molar-refractivity contribution in [2.24, 2.45) is 0 Å². The molecule has 1 atom stereocenters. The Labute approximate surface area is 144 Å². The second-order valence-corrected chi connectivity index (χ2v) is 6.48. The van der Waals surface area contributed by atoms with E-state index in [1.165, 1.54) is 5.56 Å². The molecule has 116 valence electrons. The van der Waals surface area contributed by atoms with Crippen molar-refractivity contribution in [1.82, 2.24) is 9.55 Å². The lowest BCUT2D eigenvalue weighted by molar-refractivity contribution is -0.0180. The van der Waals surface area contributed by atoms with Crippen LogP contribution < -0.4 is 0 Å². The molecule has 1 aromatic heterocycles. The van der Waals surface area contributed by atoms with Gasteiger partial charge < -0.3 is 9.30 Å². The molecule has 1 aliphatic rings. The van der Waals surface area contributed by atoms with Gasteiger partial charge in [0.1, 0.15) is 5.60 Å². The molecule has 4 rings (SSSR count). The van der Waals surface area contributed by atoms with E-state index in [9.17, 15) is 0 Å². The van der Waals surface area contributed by atoms with Gasteiger partial charge in [0, 0.05) is 28.0 Å². The van der Waals surface area contributed by atoms with E-state index < -0.39 is 5.60 Å². The first-order valence-corrected chi connectivity index (χ1v) is 8.08. The number of imidazole rings is 1. The molecule has 0 fully saturated rings. The molecule has 0 saturated carbocycles. The summed E-state index contributed by atoms with van der Waals surface area (Å²) in [7, 11) is 0. The maximum atomic E-state index is 6.52.